The number of nitrogens with one attached hydrogen (secondary N) is 1. The van der Waals surface area contributed by atoms with E-state index in [1.54, 1.807) is 0 Å². The predicted octanol–water partition coefficient (Wildman–Crippen LogP) is 2.04. The molecule has 0 spiro atoms. The molecule has 1 fully saturated rings. The fraction of sp³-hybridized carbons (Fsp3) is 0.750. The fourth-order valence-electron chi connectivity index (χ4n) is 2.36. The molecule has 0 aromatic carbocycles. The SMILES string of the molecule is CC(C)Cc1cn(C)nc1C1CCCN1. The van der Waals surface area contributed by atoms with Crippen LogP contribution in [0.3, 0.4) is 0 Å². The zero-order valence-electron chi connectivity index (χ0n) is 9.95. The lowest BCUT2D eigenvalue weighted by molar-refractivity contribution is 0.589. The normalized spacial score (nSPS) is 21.5. The minimum absolute atomic E-state index is 0.500. The number of rotatable bonds is 3. The first-order valence-electron chi connectivity index (χ1n) is 5.92. The van der Waals surface area contributed by atoms with Crippen LogP contribution < -0.4 is 5.32 Å². The Morgan fingerprint density at radius 3 is 3.00 bits per heavy atom. The summed E-state index contributed by atoms with van der Waals surface area (Å²) >= 11 is 0. The topological polar surface area (TPSA) is 29.9 Å². The summed E-state index contributed by atoms with van der Waals surface area (Å²) in [5, 5.41) is 8.12. The van der Waals surface area contributed by atoms with Gasteiger partial charge in [0.05, 0.1) is 11.7 Å². The van der Waals surface area contributed by atoms with Gasteiger partial charge in [0.25, 0.3) is 0 Å². The Morgan fingerprint density at radius 1 is 1.60 bits per heavy atom. The third-order valence-corrected chi connectivity index (χ3v) is 2.96. The van der Waals surface area contributed by atoms with E-state index in [1.165, 1.54) is 24.1 Å². The summed E-state index contributed by atoms with van der Waals surface area (Å²) in [6.45, 7) is 5.67. The van der Waals surface area contributed by atoms with Gasteiger partial charge in [-0.1, -0.05) is 13.8 Å². The number of hydrogen-bond acceptors (Lipinski definition) is 2. The molecular formula is C12H21N3. The smallest absolute Gasteiger partial charge is 0.0825 e. The van der Waals surface area contributed by atoms with Crippen LogP contribution in [-0.4, -0.2) is 16.3 Å². The van der Waals surface area contributed by atoms with Gasteiger partial charge in [0, 0.05) is 13.2 Å². The van der Waals surface area contributed by atoms with E-state index in [4.69, 9.17) is 0 Å². The molecule has 15 heavy (non-hydrogen) atoms. The van der Waals surface area contributed by atoms with Crippen LogP contribution in [0.2, 0.25) is 0 Å². The monoisotopic (exact) mass is 207 g/mol. The average Bonchev–Trinajstić information content (AvgIpc) is 2.72. The van der Waals surface area contributed by atoms with Gasteiger partial charge in [-0.2, -0.15) is 5.10 Å². The molecule has 3 heteroatoms. The van der Waals surface area contributed by atoms with Crippen molar-refractivity contribution in [3.05, 3.63) is 17.5 Å². The highest BCUT2D eigenvalue weighted by Crippen LogP contribution is 2.25. The zero-order chi connectivity index (χ0) is 10.8. The summed E-state index contributed by atoms with van der Waals surface area (Å²) in [5.41, 5.74) is 2.70. The summed E-state index contributed by atoms with van der Waals surface area (Å²) in [4.78, 5) is 0. The highest BCUT2D eigenvalue weighted by molar-refractivity contribution is 5.22. The largest absolute Gasteiger partial charge is 0.309 e. The first-order valence-corrected chi connectivity index (χ1v) is 5.92. The van der Waals surface area contributed by atoms with Gasteiger partial charge < -0.3 is 5.32 Å². The van der Waals surface area contributed by atoms with Crippen LogP contribution in [0.4, 0.5) is 0 Å². The predicted molar refractivity (Wildman–Crippen MR) is 61.7 cm³/mol. The molecule has 1 atom stereocenters. The van der Waals surface area contributed by atoms with Gasteiger partial charge in [-0.25, -0.2) is 0 Å². The lowest BCUT2D eigenvalue weighted by Crippen LogP contribution is -2.15. The summed E-state index contributed by atoms with van der Waals surface area (Å²) in [5.74, 6) is 0.703. The van der Waals surface area contributed by atoms with Crippen LogP contribution in [0.25, 0.3) is 0 Å². The molecule has 0 amide bonds. The number of nitrogens with zero attached hydrogens (tertiary/aromatic N) is 2. The Kier molecular flexibility index (Phi) is 3.10. The van der Waals surface area contributed by atoms with Crippen molar-refractivity contribution >= 4 is 0 Å². The molecule has 0 radical (unpaired) electrons. The van der Waals surface area contributed by atoms with E-state index < -0.39 is 0 Å². The van der Waals surface area contributed by atoms with E-state index in [0.717, 1.165) is 13.0 Å². The first-order chi connectivity index (χ1) is 7.16. The second kappa shape index (κ2) is 4.35. The second-order valence-corrected chi connectivity index (χ2v) is 4.96. The minimum atomic E-state index is 0.500. The number of aromatic nitrogens is 2. The van der Waals surface area contributed by atoms with Crippen molar-refractivity contribution in [2.24, 2.45) is 13.0 Å². The highest BCUT2D eigenvalue weighted by atomic mass is 15.3. The van der Waals surface area contributed by atoms with Crippen LogP contribution in [0.15, 0.2) is 6.20 Å². The molecule has 1 aromatic heterocycles. The van der Waals surface area contributed by atoms with E-state index in [-0.39, 0.29) is 0 Å². The standard InChI is InChI=1S/C12H21N3/c1-9(2)7-10-8-15(3)14-12(10)11-5-4-6-13-11/h8-9,11,13H,4-7H2,1-3H3. The van der Waals surface area contributed by atoms with Crippen molar-refractivity contribution in [3.63, 3.8) is 0 Å². The van der Waals surface area contributed by atoms with Crippen LogP contribution in [0.1, 0.15) is 44.0 Å². The molecule has 2 heterocycles. The van der Waals surface area contributed by atoms with E-state index in [0.29, 0.717) is 12.0 Å². The molecule has 1 N–H and O–H groups in total. The van der Waals surface area contributed by atoms with Crippen molar-refractivity contribution in [3.8, 4) is 0 Å². The summed E-state index contributed by atoms with van der Waals surface area (Å²) in [6.07, 6.45) is 5.83. The molecule has 3 nitrogen and oxygen atoms in total. The quantitative estimate of drug-likeness (QED) is 0.822. The molecule has 2 rings (SSSR count). The van der Waals surface area contributed by atoms with E-state index >= 15 is 0 Å². The maximum atomic E-state index is 4.60. The zero-order valence-corrected chi connectivity index (χ0v) is 9.95. The molecule has 0 aliphatic carbocycles. The van der Waals surface area contributed by atoms with Gasteiger partial charge in [-0.3, -0.25) is 4.68 Å². The second-order valence-electron chi connectivity index (χ2n) is 4.96. The van der Waals surface area contributed by atoms with Crippen LogP contribution in [0, 0.1) is 5.92 Å². The fourth-order valence-corrected chi connectivity index (χ4v) is 2.36. The van der Waals surface area contributed by atoms with Crippen molar-refractivity contribution in [1.82, 2.24) is 15.1 Å². The maximum Gasteiger partial charge on any atom is 0.0825 e. The molecule has 1 aromatic rings. The molecule has 0 saturated carbocycles. The highest BCUT2D eigenvalue weighted by Gasteiger charge is 2.22. The molecule has 1 aliphatic rings. The Bertz CT molecular complexity index is 322. The molecule has 0 bridgehead atoms. The lowest BCUT2D eigenvalue weighted by Gasteiger charge is -2.10. The Balaban J connectivity index is 2.20. The van der Waals surface area contributed by atoms with Gasteiger partial charge in [0.15, 0.2) is 0 Å². The van der Waals surface area contributed by atoms with Gasteiger partial charge in [0.2, 0.25) is 0 Å². The maximum absolute atomic E-state index is 4.60. The van der Waals surface area contributed by atoms with E-state index in [9.17, 15) is 0 Å². The average molecular weight is 207 g/mol. The number of hydrogen-bond donors (Lipinski definition) is 1. The molecule has 1 saturated heterocycles. The molecule has 84 valence electrons. The summed E-state index contributed by atoms with van der Waals surface area (Å²) in [7, 11) is 2.02. The van der Waals surface area contributed by atoms with E-state index in [1.807, 2.05) is 11.7 Å². The Hall–Kier alpha value is -0.830. The Labute approximate surface area is 91.9 Å². The summed E-state index contributed by atoms with van der Waals surface area (Å²) < 4.78 is 1.95. The van der Waals surface area contributed by atoms with Crippen molar-refractivity contribution in [2.45, 2.75) is 39.2 Å². The third kappa shape index (κ3) is 2.40. The van der Waals surface area contributed by atoms with Crippen LogP contribution in [0.5, 0.6) is 0 Å². The van der Waals surface area contributed by atoms with E-state index in [2.05, 4.69) is 30.5 Å². The minimum Gasteiger partial charge on any atom is -0.309 e. The van der Waals surface area contributed by atoms with Crippen molar-refractivity contribution < 1.29 is 0 Å². The summed E-state index contributed by atoms with van der Waals surface area (Å²) in [6, 6.07) is 0.500. The van der Waals surface area contributed by atoms with Gasteiger partial charge >= 0.3 is 0 Å². The van der Waals surface area contributed by atoms with Crippen molar-refractivity contribution in [1.29, 1.82) is 0 Å². The van der Waals surface area contributed by atoms with Crippen LogP contribution in [-0.2, 0) is 13.5 Å². The van der Waals surface area contributed by atoms with Gasteiger partial charge in [-0.15, -0.1) is 0 Å². The van der Waals surface area contributed by atoms with Crippen molar-refractivity contribution in [2.75, 3.05) is 6.54 Å². The molecular weight excluding hydrogens is 186 g/mol. The van der Waals surface area contributed by atoms with Crippen LogP contribution >= 0.6 is 0 Å². The third-order valence-electron chi connectivity index (χ3n) is 2.96. The Morgan fingerprint density at radius 2 is 2.40 bits per heavy atom. The first kappa shape index (κ1) is 10.7. The molecule has 1 aliphatic heterocycles. The molecule has 1 unspecified atom stereocenters. The number of aryl methyl sites for hydroxylation is 1. The van der Waals surface area contributed by atoms with Gasteiger partial charge in [-0.05, 0) is 37.3 Å². The lowest BCUT2D eigenvalue weighted by atomic mass is 10.00. The van der Waals surface area contributed by atoms with Gasteiger partial charge in [0.1, 0.15) is 0 Å².